The van der Waals surface area contributed by atoms with Crippen LogP contribution in [0.25, 0.3) is 16.2 Å². The molecule has 0 spiro atoms. The van der Waals surface area contributed by atoms with Crippen LogP contribution in [-0.2, 0) is 0 Å². The minimum atomic E-state index is -1.29. The van der Waals surface area contributed by atoms with Crippen molar-refractivity contribution >= 4 is 34.2 Å². The molecule has 0 saturated carbocycles. The van der Waals surface area contributed by atoms with Gasteiger partial charge in [-0.2, -0.15) is 0 Å². The van der Waals surface area contributed by atoms with Gasteiger partial charge in [0.15, 0.2) is 10.8 Å². The van der Waals surface area contributed by atoms with Crippen LogP contribution in [0.4, 0.5) is 5.82 Å². The van der Waals surface area contributed by atoms with Gasteiger partial charge in [-0.25, -0.2) is 14.8 Å². The molecule has 0 atom stereocenters. The van der Waals surface area contributed by atoms with Crippen LogP contribution >= 0.6 is 11.3 Å². The molecule has 0 aromatic carbocycles. The fourth-order valence-corrected chi connectivity index (χ4v) is 3.53. The summed E-state index contributed by atoms with van der Waals surface area (Å²) in [6.45, 7) is 2.71. The van der Waals surface area contributed by atoms with E-state index in [2.05, 4.69) is 9.97 Å². The van der Waals surface area contributed by atoms with Crippen LogP contribution in [0, 0.1) is 6.92 Å². The van der Waals surface area contributed by atoms with Gasteiger partial charge in [-0.1, -0.05) is 0 Å². The van der Waals surface area contributed by atoms with E-state index in [4.69, 9.17) is 0 Å². The monoisotopic (exact) mass is 358 g/mol. The topological polar surface area (TPSA) is 109 Å². The number of aliphatic hydroxyl groups is 1. The van der Waals surface area contributed by atoms with E-state index in [0.29, 0.717) is 35.2 Å². The molecule has 8 nitrogen and oxygen atoms in total. The first-order chi connectivity index (χ1) is 12.0. The van der Waals surface area contributed by atoms with Gasteiger partial charge >= 0.3 is 5.97 Å². The van der Waals surface area contributed by atoms with Crippen molar-refractivity contribution < 1.29 is 15.0 Å². The second-order valence-corrected chi connectivity index (χ2v) is 6.79. The zero-order chi connectivity index (χ0) is 17.7. The molecule has 2 N–H and O–H groups in total. The Bertz CT molecular complexity index is 1040. The maximum atomic E-state index is 12.6. The smallest absolute Gasteiger partial charge is 0.341 e. The maximum absolute atomic E-state index is 12.6. The van der Waals surface area contributed by atoms with E-state index in [1.807, 2.05) is 4.90 Å². The van der Waals surface area contributed by atoms with Gasteiger partial charge in [-0.3, -0.25) is 9.36 Å². The van der Waals surface area contributed by atoms with Gasteiger partial charge in [-0.15, -0.1) is 11.3 Å². The van der Waals surface area contributed by atoms with Gasteiger partial charge in [0.1, 0.15) is 11.4 Å². The average molecular weight is 358 g/mol. The number of hydrogen-bond donors (Lipinski definition) is 2. The molecular formula is C16H14N4O4S. The maximum Gasteiger partial charge on any atom is 0.341 e. The number of aryl methyl sites for hydroxylation is 1. The number of carbonyl (C=O) groups is 1. The molecule has 0 radical (unpaired) electrons. The molecule has 0 bridgehead atoms. The first-order valence-corrected chi connectivity index (χ1v) is 8.47. The van der Waals surface area contributed by atoms with Crippen molar-refractivity contribution in [3.8, 4) is 5.13 Å². The third-order valence-electron chi connectivity index (χ3n) is 4.18. The predicted molar refractivity (Wildman–Crippen MR) is 92.9 cm³/mol. The Morgan fingerprint density at radius 1 is 1.40 bits per heavy atom. The summed E-state index contributed by atoms with van der Waals surface area (Å²) in [4.78, 5) is 34.8. The number of hydrogen-bond acceptors (Lipinski definition) is 7. The lowest BCUT2D eigenvalue weighted by Crippen LogP contribution is -2.51. The Morgan fingerprint density at radius 3 is 2.76 bits per heavy atom. The van der Waals surface area contributed by atoms with Crippen LogP contribution in [0.15, 0.2) is 28.6 Å². The number of fused-ring (bicyclic) bond motifs is 1. The summed E-state index contributed by atoms with van der Waals surface area (Å²) in [6.07, 6.45) is 2.49. The number of anilines is 1. The Hall–Kier alpha value is -2.78. The molecule has 25 heavy (non-hydrogen) atoms. The van der Waals surface area contributed by atoms with Crippen molar-refractivity contribution in [2.24, 2.45) is 0 Å². The van der Waals surface area contributed by atoms with E-state index in [9.17, 15) is 19.8 Å². The molecule has 0 unspecified atom stereocenters. The normalized spacial score (nSPS) is 14.7. The van der Waals surface area contributed by atoms with Crippen molar-refractivity contribution in [3.05, 3.63) is 45.2 Å². The number of pyridine rings is 2. The number of carboxylic acid groups (broad SMARTS) is 1. The highest BCUT2D eigenvalue weighted by Crippen LogP contribution is 2.26. The Morgan fingerprint density at radius 2 is 2.16 bits per heavy atom. The fourth-order valence-electron chi connectivity index (χ4n) is 2.91. The van der Waals surface area contributed by atoms with E-state index in [1.54, 1.807) is 24.6 Å². The predicted octanol–water partition coefficient (Wildman–Crippen LogP) is 1.03. The van der Waals surface area contributed by atoms with E-state index < -0.39 is 11.4 Å². The lowest BCUT2D eigenvalue weighted by atomic mass is 10.1. The SMILES string of the molecule is Cc1cc(N2CC(O)C2)nc2c1c(=O)c(C(=O)O)cn2-c1nccs1. The minimum Gasteiger partial charge on any atom is -0.477 e. The molecule has 1 aliphatic rings. The summed E-state index contributed by atoms with van der Waals surface area (Å²) in [5, 5.41) is 21.4. The molecular weight excluding hydrogens is 344 g/mol. The standard InChI is InChI=1S/C16H14N4O4S/c1-8-4-11(19-5-9(21)6-19)18-14-12(8)13(22)10(15(23)24)7-20(14)16-17-2-3-25-16/h2-4,7,9,21H,5-6H2,1H3,(H,23,24). The van der Waals surface area contributed by atoms with Crippen LogP contribution in [0.2, 0.25) is 0 Å². The molecule has 1 aliphatic heterocycles. The second-order valence-electron chi connectivity index (χ2n) is 5.92. The third kappa shape index (κ3) is 2.48. The van der Waals surface area contributed by atoms with Crippen LogP contribution in [0.1, 0.15) is 15.9 Å². The highest BCUT2D eigenvalue weighted by atomic mass is 32.1. The fraction of sp³-hybridized carbons (Fsp3) is 0.250. The summed E-state index contributed by atoms with van der Waals surface area (Å²) in [5.41, 5.74) is 0.122. The van der Waals surface area contributed by atoms with E-state index in [-0.39, 0.29) is 17.1 Å². The lowest BCUT2D eigenvalue weighted by Gasteiger charge is -2.37. The summed E-state index contributed by atoms with van der Waals surface area (Å²) in [5.74, 6) is -0.644. The summed E-state index contributed by atoms with van der Waals surface area (Å²) >= 11 is 1.32. The molecule has 3 aromatic heterocycles. The molecule has 1 fully saturated rings. The van der Waals surface area contributed by atoms with Gasteiger partial charge < -0.3 is 15.1 Å². The lowest BCUT2D eigenvalue weighted by molar-refractivity contribution is 0.0695. The quantitative estimate of drug-likeness (QED) is 0.720. The van der Waals surface area contributed by atoms with Gasteiger partial charge in [-0.05, 0) is 18.6 Å². The summed E-state index contributed by atoms with van der Waals surface area (Å²) in [7, 11) is 0. The number of rotatable bonds is 3. The molecule has 0 aliphatic carbocycles. The van der Waals surface area contributed by atoms with Gasteiger partial charge in [0.05, 0.1) is 11.5 Å². The third-order valence-corrected chi connectivity index (χ3v) is 4.95. The number of thiazole rings is 1. The molecule has 1 saturated heterocycles. The summed E-state index contributed by atoms with van der Waals surface area (Å²) < 4.78 is 1.54. The number of β-amino-alcohol motifs (C(OH)–C–C–N with tert-alkyl or cyclic N) is 1. The Labute approximate surface area is 145 Å². The second kappa shape index (κ2) is 5.64. The van der Waals surface area contributed by atoms with E-state index in [1.165, 1.54) is 22.1 Å². The average Bonchev–Trinajstić information content (AvgIpc) is 3.05. The minimum absolute atomic E-state index is 0.264. The first-order valence-electron chi connectivity index (χ1n) is 7.59. The van der Waals surface area contributed by atoms with Gasteiger partial charge in [0.25, 0.3) is 0 Å². The van der Waals surface area contributed by atoms with Crippen molar-refractivity contribution in [2.45, 2.75) is 13.0 Å². The zero-order valence-electron chi connectivity index (χ0n) is 13.2. The number of aliphatic hydroxyl groups excluding tert-OH is 1. The van der Waals surface area contributed by atoms with Gasteiger partial charge in [0, 0.05) is 30.9 Å². The molecule has 4 rings (SSSR count). The van der Waals surface area contributed by atoms with E-state index >= 15 is 0 Å². The number of aromatic carboxylic acids is 1. The number of nitrogens with zero attached hydrogens (tertiary/aromatic N) is 4. The highest BCUT2D eigenvalue weighted by Gasteiger charge is 2.27. The zero-order valence-corrected chi connectivity index (χ0v) is 14.0. The molecule has 3 aromatic rings. The van der Waals surface area contributed by atoms with Crippen molar-refractivity contribution in [2.75, 3.05) is 18.0 Å². The van der Waals surface area contributed by atoms with Crippen molar-refractivity contribution in [1.82, 2.24) is 14.5 Å². The van der Waals surface area contributed by atoms with Crippen LogP contribution in [0.3, 0.4) is 0 Å². The summed E-state index contributed by atoms with van der Waals surface area (Å²) in [6, 6.07) is 1.74. The van der Waals surface area contributed by atoms with Gasteiger partial charge in [0.2, 0.25) is 5.43 Å². The van der Waals surface area contributed by atoms with Crippen LogP contribution in [0.5, 0.6) is 0 Å². The Kier molecular flexibility index (Phi) is 3.55. The van der Waals surface area contributed by atoms with Crippen molar-refractivity contribution in [1.29, 1.82) is 0 Å². The number of carboxylic acids is 1. The molecule has 4 heterocycles. The molecule has 128 valence electrons. The van der Waals surface area contributed by atoms with E-state index in [0.717, 1.165) is 0 Å². The molecule has 9 heteroatoms. The highest BCUT2D eigenvalue weighted by molar-refractivity contribution is 7.12. The largest absolute Gasteiger partial charge is 0.477 e. The van der Waals surface area contributed by atoms with Crippen LogP contribution in [-0.4, -0.2) is 49.9 Å². The molecule has 0 amide bonds. The Balaban J connectivity index is 2.04. The first kappa shape index (κ1) is 15.7. The number of aromatic nitrogens is 3. The van der Waals surface area contributed by atoms with Crippen LogP contribution < -0.4 is 10.3 Å². The van der Waals surface area contributed by atoms with Crippen molar-refractivity contribution in [3.63, 3.8) is 0 Å².